The zero-order valence-corrected chi connectivity index (χ0v) is 32.7. The molecule has 0 aromatic carbocycles. The lowest BCUT2D eigenvalue weighted by Crippen LogP contribution is -2.64. The fraction of sp³-hybridized carbons (Fsp3) is 0.865. The molecule has 2 heterocycles. The second kappa shape index (κ2) is 16.5. The van der Waals surface area contributed by atoms with E-state index in [1.807, 2.05) is 41.5 Å². The van der Waals surface area contributed by atoms with Gasteiger partial charge in [-0.25, -0.2) is 13.2 Å². The van der Waals surface area contributed by atoms with E-state index in [9.17, 15) is 32.4 Å². The predicted molar refractivity (Wildman–Crippen MR) is 194 cm³/mol. The van der Waals surface area contributed by atoms with Gasteiger partial charge in [-0.3, -0.25) is 19.2 Å². The van der Waals surface area contributed by atoms with Crippen LogP contribution in [0.5, 0.6) is 0 Å². The van der Waals surface area contributed by atoms with Gasteiger partial charge in [-0.15, -0.1) is 0 Å². The molecule has 2 saturated heterocycles. The first kappa shape index (κ1) is 41.0. The number of Topliss-reactive ketones (excluding diaryl/α,β-unsaturated/α-hetero) is 1. The third-order valence-corrected chi connectivity index (χ3v) is 14.6. The molecule has 5 atom stereocenters. The summed E-state index contributed by atoms with van der Waals surface area (Å²) < 4.78 is 32.3. The van der Waals surface area contributed by atoms with E-state index in [2.05, 4.69) is 21.3 Å². The second-order valence-corrected chi connectivity index (χ2v) is 19.7. The van der Waals surface area contributed by atoms with E-state index < -0.39 is 73.2 Å². The van der Waals surface area contributed by atoms with E-state index in [0.29, 0.717) is 51.7 Å². The molecule has 14 heteroatoms. The van der Waals surface area contributed by atoms with Crippen molar-refractivity contribution in [3.8, 4) is 0 Å². The molecule has 0 aromatic rings. The summed E-state index contributed by atoms with van der Waals surface area (Å²) in [6.07, 6.45) is 7.71. The Morgan fingerprint density at radius 1 is 0.941 bits per heavy atom. The molecule has 5 amide bonds. The Morgan fingerprint density at radius 3 is 2.14 bits per heavy atom. The monoisotopic (exact) mass is 737 g/mol. The largest absolute Gasteiger partial charge is 0.381 e. The maximum atomic E-state index is 14.5. The van der Waals surface area contributed by atoms with E-state index in [-0.39, 0.29) is 30.2 Å². The van der Waals surface area contributed by atoms with Crippen LogP contribution in [0.4, 0.5) is 4.79 Å². The van der Waals surface area contributed by atoms with Crippen LogP contribution in [-0.4, -0.2) is 103 Å². The molecule has 2 saturated carbocycles. The molecule has 0 aromatic heterocycles. The first-order valence-corrected chi connectivity index (χ1v) is 20.8. The number of rotatable bonds is 14. The fourth-order valence-electron chi connectivity index (χ4n) is 7.78. The SMILES string of the molecule is CCCC[C@H](NC(=O)[C@@H]1[C@@H](C)[C@@H](C)CN1C(=O)[C@@H](NC(=O)NC1(CS(=O)(=O)C2(C)CCOCC2)CCCCC1)C(C)(C)C)C(=O)C(=O)NC1CC1. The van der Waals surface area contributed by atoms with E-state index in [1.54, 1.807) is 6.92 Å². The summed E-state index contributed by atoms with van der Waals surface area (Å²) in [5.74, 6) is -2.81. The van der Waals surface area contributed by atoms with Crippen LogP contribution in [0.15, 0.2) is 0 Å². The maximum Gasteiger partial charge on any atom is 0.315 e. The van der Waals surface area contributed by atoms with Crippen LogP contribution in [-0.2, 0) is 33.8 Å². The number of unbranched alkanes of at least 4 members (excludes halogenated alkanes) is 1. The third-order valence-electron chi connectivity index (χ3n) is 11.7. The first-order chi connectivity index (χ1) is 23.8. The van der Waals surface area contributed by atoms with Gasteiger partial charge in [0.05, 0.1) is 22.1 Å². The van der Waals surface area contributed by atoms with Crippen molar-refractivity contribution in [2.45, 2.75) is 160 Å². The highest BCUT2D eigenvalue weighted by molar-refractivity contribution is 7.92. The lowest BCUT2D eigenvalue weighted by molar-refractivity contribution is -0.144. The van der Waals surface area contributed by atoms with Gasteiger partial charge in [0.2, 0.25) is 17.6 Å². The van der Waals surface area contributed by atoms with Gasteiger partial charge in [-0.05, 0) is 69.1 Å². The molecular formula is C37H63N5O8S. The maximum absolute atomic E-state index is 14.5. The number of carbonyl (C=O) groups excluding carboxylic acids is 5. The second-order valence-electron chi connectivity index (χ2n) is 17.1. The number of hydrogen-bond donors (Lipinski definition) is 4. The summed E-state index contributed by atoms with van der Waals surface area (Å²) in [4.78, 5) is 69.7. The van der Waals surface area contributed by atoms with Crippen LogP contribution in [0.1, 0.15) is 126 Å². The number of likely N-dealkylation sites (tertiary alicyclic amines) is 1. The smallest absolute Gasteiger partial charge is 0.315 e. The van der Waals surface area contributed by atoms with E-state index >= 15 is 0 Å². The molecule has 13 nitrogen and oxygen atoms in total. The molecule has 0 bridgehead atoms. The molecule has 2 aliphatic carbocycles. The van der Waals surface area contributed by atoms with E-state index in [4.69, 9.17) is 4.74 Å². The predicted octanol–water partition coefficient (Wildman–Crippen LogP) is 3.39. The van der Waals surface area contributed by atoms with Gasteiger partial charge in [0.25, 0.3) is 5.91 Å². The highest BCUT2D eigenvalue weighted by Crippen LogP contribution is 2.37. The Balaban J connectivity index is 1.52. The molecule has 4 aliphatic rings. The van der Waals surface area contributed by atoms with Crippen molar-refractivity contribution in [2.75, 3.05) is 25.5 Å². The summed E-state index contributed by atoms with van der Waals surface area (Å²) in [5.41, 5.74) is -1.74. The number of nitrogens with zero attached hydrogens (tertiary/aromatic N) is 1. The Morgan fingerprint density at radius 2 is 1.57 bits per heavy atom. The normalized spacial score (nSPS) is 26.0. The minimum atomic E-state index is -3.62. The minimum absolute atomic E-state index is 0.000468. The van der Waals surface area contributed by atoms with Crippen molar-refractivity contribution in [3.63, 3.8) is 0 Å². The van der Waals surface area contributed by atoms with Crippen molar-refractivity contribution >= 4 is 39.4 Å². The summed E-state index contributed by atoms with van der Waals surface area (Å²) in [7, 11) is -3.62. The summed E-state index contributed by atoms with van der Waals surface area (Å²) in [5, 5.41) is 11.5. The van der Waals surface area contributed by atoms with Crippen molar-refractivity contribution in [3.05, 3.63) is 0 Å². The highest BCUT2D eigenvalue weighted by atomic mass is 32.2. The summed E-state index contributed by atoms with van der Waals surface area (Å²) in [6, 6.07) is -3.59. The van der Waals surface area contributed by atoms with Gasteiger partial charge in [-0.1, -0.05) is 73.6 Å². The molecule has 0 radical (unpaired) electrons. The number of hydrogen-bond acceptors (Lipinski definition) is 8. The van der Waals surface area contributed by atoms with Gasteiger partial charge in [0.15, 0.2) is 9.84 Å². The van der Waals surface area contributed by atoms with Gasteiger partial charge >= 0.3 is 6.03 Å². The number of ether oxygens (including phenoxy) is 1. The van der Waals surface area contributed by atoms with Crippen LogP contribution < -0.4 is 21.3 Å². The highest BCUT2D eigenvalue weighted by Gasteiger charge is 2.50. The summed E-state index contributed by atoms with van der Waals surface area (Å²) in [6.45, 7) is 14.1. The molecule has 4 fully saturated rings. The van der Waals surface area contributed by atoms with Crippen LogP contribution in [0, 0.1) is 17.3 Å². The zero-order chi connectivity index (χ0) is 37.8. The fourth-order valence-corrected chi connectivity index (χ4v) is 10.0. The van der Waals surface area contributed by atoms with Crippen LogP contribution in [0.25, 0.3) is 0 Å². The number of carbonyl (C=O) groups is 5. The quantitative estimate of drug-likeness (QED) is 0.196. The zero-order valence-electron chi connectivity index (χ0n) is 31.9. The molecular weight excluding hydrogens is 675 g/mol. The van der Waals surface area contributed by atoms with Crippen molar-refractivity contribution < 1.29 is 37.1 Å². The Kier molecular flexibility index (Phi) is 13.3. The lowest BCUT2D eigenvalue weighted by atomic mass is 9.83. The molecule has 4 N–H and O–H groups in total. The van der Waals surface area contributed by atoms with Crippen LogP contribution >= 0.6 is 0 Å². The molecule has 51 heavy (non-hydrogen) atoms. The average Bonchev–Trinajstić information content (AvgIpc) is 3.82. The van der Waals surface area contributed by atoms with E-state index in [1.165, 1.54) is 4.90 Å². The lowest BCUT2D eigenvalue weighted by Gasteiger charge is -2.42. The van der Waals surface area contributed by atoms with E-state index in [0.717, 1.165) is 38.5 Å². The van der Waals surface area contributed by atoms with Crippen molar-refractivity contribution in [1.82, 2.24) is 26.2 Å². The molecule has 290 valence electrons. The van der Waals surface area contributed by atoms with Crippen LogP contribution in [0.3, 0.4) is 0 Å². The Bertz CT molecular complexity index is 1400. The molecule has 4 rings (SSSR count). The minimum Gasteiger partial charge on any atom is -0.381 e. The first-order valence-electron chi connectivity index (χ1n) is 19.2. The van der Waals surface area contributed by atoms with Crippen molar-refractivity contribution in [2.24, 2.45) is 17.3 Å². The van der Waals surface area contributed by atoms with Gasteiger partial charge in [0, 0.05) is 25.8 Å². The standard InChI is InChI=1S/C37H63N5O8S/c1-8-9-13-27(29(43)32(45)38-26-14-15-26)39-31(44)28-25(3)24(2)22-42(28)33(46)30(35(4,5)6)40-34(47)41-37(16-11-10-12-17-37)23-51(48,49)36(7)18-20-50-21-19-36/h24-28,30H,8-23H2,1-7H3,(H,38,45)(H,39,44)(H2,40,41,47)/t24-,25-,27-,28-,30+/m0/s1. The van der Waals surface area contributed by atoms with Gasteiger partial charge in [-0.2, -0.15) is 0 Å². The van der Waals surface area contributed by atoms with Crippen molar-refractivity contribution in [1.29, 1.82) is 0 Å². The number of ketones is 1. The third kappa shape index (κ3) is 10.0. The molecule has 0 spiro atoms. The van der Waals surface area contributed by atoms with Gasteiger partial charge < -0.3 is 30.9 Å². The topological polar surface area (TPSA) is 180 Å². The van der Waals surface area contributed by atoms with Crippen LogP contribution in [0.2, 0.25) is 0 Å². The summed E-state index contributed by atoms with van der Waals surface area (Å²) >= 11 is 0. The number of amides is 5. The molecule has 0 unspecified atom stereocenters. The number of sulfone groups is 1. The number of urea groups is 1. The average molecular weight is 738 g/mol. The Hall–Kier alpha value is -2.74. The van der Waals surface area contributed by atoms with Gasteiger partial charge in [0.1, 0.15) is 12.1 Å². The molecule has 2 aliphatic heterocycles. The number of nitrogens with one attached hydrogen (secondary N) is 4. The Labute approximate surface area is 304 Å².